The van der Waals surface area contributed by atoms with Gasteiger partial charge < -0.3 is 14.5 Å². The van der Waals surface area contributed by atoms with E-state index in [1.807, 2.05) is 6.07 Å². The highest BCUT2D eigenvalue weighted by Crippen LogP contribution is 2.53. The minimum absolute atomic E-state index is 0.189. The van der Waals surface area contributed by atoms with Gasteiger partial charge in [0.05, 0.1) is 6.10 Å². The van der Waals surface area contributed by atoms with E-state index in [1.54, 1.807) is 0 Å². The van der Waals surface area contributed by atoms with Crippen LogP contribution in [-0.4, -0.2) is 23.7 Å². The number of benzene rings is 1. The number of hydrogen-bond donors (Lipinski definition) is 1. The van der Waals surface area contributed by atoms with Gasteiger partial charge >= 0.3 is 0 Å². The van der Waals surface area contributed by atoms with Crippen LogP contribution < -0.4 is 5.32 Å². The van der Waals surface area contributed by atoms with Crippen molar-refractivity contribution in [3.63, 3.8) is 0 Å². The minimum Gasteiger partial charge on any atom is -0.441 e. The molecule has 4 nitrogen and oxygen atoms in total. The highest BCUT2D eigenvalue weighted by molar-refractivity contribution is 5.77. The smallest absolute Gasteiger partial charge is 0.195 e. The van der Waals surface area contributed by atoms with Crippen molar-refractivity contribution < 1.29 is 9.15 Å². The summed E-state index contributed by atoms with van der Waals surface area (Å²) >= 11 is 0. The third-order valence-electron chi connectivity index (χ3n) is 5.16. The first-order valence-corrected chi connectivity index (χ1v) is 7.87. The summed E-state index contributed by atoms with van der Waals surface area (Å²) in [4.78, 5) is 4.51. The average Bonchev–Trinajstić information content (AvgIpc) is 3.09. The maximum atomic E-state index is 5.86. The fourth-order valence-corrected chi connectivity index (χ4v) is 4.01. The lowest BCUT2D eigenvalue weighted by molar-refractivity contribution is -0.0923. The Morgan fingerprint density at radius 3 is 3.05 bits per heavy atom. The zero-order chi connectivity index (χ0) is 14.6. The Labute approximate surface area is 124 Å². The molecule has 1 aliphatic carbocycles. The van der Waals surface area contributed by atoms with Crippen LogP contribution in [0.3, 0.4) is 0 Å². The third kappa shape index (κ3) is 1.89. The predicted molar refractivity (Wildman–Crippen MR) is 82.4 cm³/mol. The monoisotopic (exact) mass is 286 g/mol. The van der Waals surface area contributed by atoms with Gasteiger partial charge in [-0.05, 0) is 24.6 Å². The molecule has 21 heavy (non-hydrogen) atoms. The Balaban J connectivity index is 1.59. The number of fused-ring (bicyclic) bond motifs is 2. The summed E-state index contributed by atoms with van der Waals surface area (Å²) in [6.45, 7) is 7.54. The minimum atomic E-state index is 0.189. The normalized spacial score (nSPS) is 30.1. The Hall–Kier alpha value is -1.55. The average molecular weight is 286 g/mol. The van der Waals surface area contributed by atoms with E-state index >= 15 is 0 Å². The molecule has 112 valence electrons. The summed E-state index contributed by atoms with van der Waals surface area (Å²) in [7, 11) is 0. The molecule has 1 aliphatic heterocycles. The Bertz CT molecular complexity index is 676. The molecule has 2 aliphatic rings. The molecule has 4 heteroatoms. The first-order chi connectivity index (χ1) is 10.1. The van der Waals surface area contributed by atoms with E-state index < -0.39 is 0 Å². The van der Waals surface area contributed by atoms with Crippen LogP contribution in [0.25, 0.3) is 11.1 Å². The number of nitrogens with zero attached hydrogens (tertiary/aromatic N) is 1. The zero-order valence-electron chi connectivity index (χ0n) is 12.8. The van der Waals surface area contributed by atoms with Crippen LogP contribution in [0, 0.1) is 11.3 Å². The standard InChI is InChI=1S/C17H22N2O2/c1-4-14-19-12-9-10(5-6-13(12)21-14)18-15-11-7-8-20-16(11)17(15,2)3/h5-6,9,11,15-16,18H,4,7-8H2,1-3H3. The van der Waals surface area contributed by atoms with E-state index in [0.29, 0.717) is 18.1 Å². The first-order valence-electron chi connectivity index (χ1n) is 7.87. The molecule has 1 aromatic heterocycles. The van der Waals surface area contributed by atoms with E-state index in [-0.39, 0.29) is 5.41 Å². The highest BCUT2D eigenvalue weighted by atomic mass is 16.5. The van der Waals surface area contributed by atoms with Gasteiger partial charge in [-0.2, -0.15) is 0 Å². The van der Waals surface area contributed by atoms with Crippen LogP contribution in [-0.2, 0) is 11.2 Å². The molecular formula is C17H22N2O2. The number of nitrogens with one attached hydrogen (secondary N) is 1. The van der Waals surface area contributed by atoms with Gasteiger partial charge in [-0.25, -0.2) is 4.98 Å². The van der Waals surface area contributed by atoms with Gasteiger partial charge in [-0.1, -0.05) is 20.8 Å². The summed E-state index contributed by atoms with van der Waals surface area (Å²) in [5.74, 6) is 1.44. The summed E-state index contributed by atoms with van der Waals surface area (Å²) in [6, 6.07) is 6.67. The van der Waals surface area contributed by atoms with Gasteiger partial charge in [-0.15, -0.1) is 0 Å². The second kappa shape index (κ2) is 4.47. The van der Waals surface area contributed by atoms with Crippen molar-refractivity contribution in [1.29, 1.82) is 0 Å². The molecule has 2 heterocycles. The van der Waals surface area contributed by atoms with E-state index in [4.69, 9.17) is 9.15 Å². The molecule has 0 amide bonds. The van der Waals surface area contributed by atoms with Crippen LogP contribution in [0.15, 0.2) is 22.6 Å². The first kappa shape index (κ1) is 13.1. The molecule has 0 radical (unpaired) electrons. The van der Waals surface area contributed by atoms with Crippen LogP contribution in [0.5, 0.6) is 0 Å². The summed E-state index contributed by atoms with van der Waals surface area (Å²) < 4.78 is 11.5. The van der Waals surface area contributed by atoms with Gasteiger partial charge in [0.15, 0.2) is 11.5 Å². The molecule has 2 fully saturated rings. The quantitative estimate of drug-likeness (QED) is 0.936. The van der Waals surface area contributed by atoms with Gasteiger partial charge in [0, 0.05) is 36.1 Å². The van der Waals surface area contributed by atoms with E-state index in [1.165, 1.54) is 0 Å². The predicted octanol–water partition coefficient (Wildman–Crippen LogP) is 3.62. The van der Waals surface area contributed by atoms with Crippen LogP contribution in [0.1, 0.15) is 33.1 Å². The zero-order valence-corrected chi connectivity index (χ0v) is 12.8. The number of aryl methyl sites for hydroxylation is 1. The van der Waals surface area contributed by atoms with Gasteiger partial charge in [0.25, 0.3) is 0 Å². The second-order valence-electron chi connectivity index (χ2n) is 6.83. The molecule has 3 atom stereocenters. The molecule has 0 spiro atoms. The Morgan fingerprint density at radius 2 is 2.24 bits per heavy atom. The molecule has 1 saturated carbocycles. The number of oxazole rings is 1. The van der Waals surface area contributed by atoms with Crippen molar-refractivity contribution in [1.82, 2.24) is 4.98 Å². The van der Waals surface area contributed by atoms with Crippen molar-refractivity contribution >= 4 is 16.8 Å². The van der Waals surface area contributed by atoms with Crippen molar-refractivity contribution in [2.24, 2.45) is 11.3 Å². The molecule has 2 aromatic rings. The molecule has 1 saturated heterocycles. The van der Waals surface area contributed by atoms with Gasteiger partial charge in [0.2, 0.25) is 0 Å². The van der Waals surface area contributed by atoms with Crippen LogP contribution in [0.2, 0.25) is 0 Å². The molecule has 0 bridgehead atoms. The molecule has 1 N–H and O–H groups in total. The van der Waals surface area contributed by atoms with E-state index in [0.717, 1.165) is 42.1 Å². The lowest BCUT2D eigenvalue weighted by atomic mass is 9.57. The fourth-order valence-electron chi connectivity index (χ4n) is 4.01. The number of ether oxygens (including phenoxy) is 1. The number of aromatic nitrogens is 1. The fraction of sp³-hybridized carbons (Fsp3) is 0.588. The Morgan fingerprint density at radius 1 is 1.38 bits per heavy atom. The lowest BCUT2D eigenvalue weighted by Crippen LogP contribution is -2.63. The largest absolute Gasteiger partial charge is 0.441 e. The molecule has 3 unspecified atom stereocenters. The van der Waals surface area contributed by atoms with Crippen molar-refractivity contribution in [3.8, 4) is 0 Å². The highest BCUT2D eigenvalue weighted by Gasteiger charge is 2.59. The van der Waals surface area contributed by atoms with E-state index in [9.17, 15) is 0 Å². The van der Waals surface area contributed by atoms with Crippen LogP contribution >= 0.6 is 0 Å². The van der Waals surface area contributed by atoms with Crippen LogP contribution in [0.4, 0.5) is 5.69 Å². The number of rotatable bonds is 3. The summed E-state index contributed by atoms with van der Waals surface area (Å²) in [6.07, 6.45) is 2.41. The van der Waals surface area contributed by atoms with Gasteiger partial charge in [-0.3, -0.25) is 0 Å². The lowest BCUT2D eigenvalue weighted by Gasteiger charge is -2.55. The summed E-state index contributed by atoms with van der Waals surface area (Å²) in [5, 5.41) is 3.70. The second-order valence-corrected chi connectivity index (χ2v) is 6.83. The SMILES string of the molecule is CCc1nc2cc(NC3C4CCOC4C3(C)C)ccc2o1. The van der Waals surface area contributed by atoms with Crippen molar-refractivity contribution in [2.45, 2.75) is 45.8 Å². The van der Waals surface area contributed by atoms with E-state index in [2.05, 4.69) is 43.2 Å². The number of anilines is 1. The maximum Gasteiger partial charge on any atom is 0.195 e. The Kier molecular flexibility index (Phi) is 2.80. The van der Waals surface area contributed by atoms with Gasteiger partial charge in [0.1, 0.15) is 5.52 Å². The molecule has 4 rings (SSSR count). The molecule has 1 aromatic carbocycles. The molecular weight excluding hydrogens is 264 g/mol. The van der Waals surface area contributed by atoms with Crippen molar-refractivity contribution in [3.05, 3.63) is 24.1 Å². The number of hydrogen-bond acceptors (Lipinski definition) is 4. The topological polar surface area (TPSA) is 47.3 Å². The van der Waals surface area contributed by atoms with Crippen molar-refractivity contribution in [2.75, 3.05) is 11.9 Å². The third-order valence-corrected chi connectivity index (χ3v) is 5.16. The summed E-state index contributed by atoms with van der Waals surface area (Å²) in [5.41, 5.74) is 3.12. The maximum absolute atomic E-state index is 5.86.